The number of benzene rings is 1. The first-order valence-corrected chi connectivity index (χ1v) is 6.45. The number of β-amino-alcohol motifs (C(OH)–C–C–N with tert-alkyl or cyclic N) is 1. The summed E-state index contributed by atoms with van der Waals surface area (Å²) in [6.07, 6.45) is -0.254. The van der Waals surface area contributed by atoms with Gasteiger partial charge in [0.2, 0.25) is 0 Å². The zero-order valence-corrected chi connectivity index (χ0v) is 10.1. The molecule has 1 aliphatic rings. The zero-order valence-electron chi connectivity index (χ0n) is 9.26. The van der Waals surface area contributed by atoms with E-state index in [1.165, 1.54) is 15.3 Å². The molecule has 16 heavy (non-hydrogen) atoms. The highest BCUT2D eigenvalue weighted by Gasteiger charge is 2.32. The van der Waals surface area contributed by atoms with Crippen molar-refractivity contribution in [1.82, 2.24) is 0 Å². The van der Waals surface area contributed by atoms with Gasteiger partial charge in [-0.2, -0.15) is 0 Å². The van der Waals surface area contributed by atoms with E-state index in [1.807, 2.05) is 11.3 Å². The number of aromatic nitrogens is 1. The van der Waals surface area contributed by atoms with Gasteiger partial charge in [-0.1, -0.05) is 12.1 Å². The number of likely N-dealkylation sites (N-methyl/N-ethyl adjacent to an activating group) is 1. The Bertz CT molecular complexity index is 523. The molecule has 0 aliphatic carbocycles. The minimum absolute atomic E-state index is 0.254. The molecule has 1 aliphatic heterocycles. The maximum atomic E-state index is 9.88. The molecule has 84 valence electrons. The smallest absolute Gasteiger partial charge is 0.337 e. The quantitative estimate of drug-likeness (QED) is 0.756. The number of aliphatic hydroxyl groups excluding tert-OH is 1. The van der Waals surface area contributed by atoms with E-state index in [0.29, 0.717) is 0 Å². The third-order valence-electron chi connectivity index (χ3n) is 3.06. The fraction of sp³-hybridized carbons (Fsp3) is 0.417. The van der Waals surface area contributed by atoms with Crippen molar-refractivity contribution in [2.45, 2.75) is 19.6 Å². The van der Waals surface area contributed by atoms with Crippen molar-refractivity contribution in [3.8, 4) is 0 Å². The molecule has 1 aromatic carbocycles. The Hall–Kier alpha value is -1.13. The topological polar surface area (TPSA) is 27.3 Å². The average molecular weight is 235 g/mol. The number of para-hydroxylation sites is 1. The third-order valence-corrected chi connectivity index (χ3v) is 4.29. The number of aliphatic hydroxyl groups is 1. The second-order valence-corrected chi connectivity index (χ2v) is 5.16. The van der Waals surface area contributed by atoms with Gasteiger partial charge in [-0.25, -0.2) is 9.47 Å². The van der Waals surface area contributed by atoms with Crippen molar-refractivity contribution in [2.24, 2.45) is 0 Å². The van der Waals surface area contributed by atoms with Crippen LogP contribution in [0.5, 0.6) is 0 Å². The van der Waals surface area contributed by atoms with Crippen molar-refractivity contribution in [3.63, 3.8) is 0 Å². The van der Waals surface area contributed by atoms with E-state index in [2.05, 4.69) is 40.7 Å². The molecule has 0 saturated carbocycles. The molecule has 4 heteroatoms. The van der Waals surface area contributed by atoms with Crippen LogP contribution < -0.4 is 9.47 Å². The van der Waals surface area contributed by atoms with Gasteiger partial charge in [0.05, 0.1) is 11.2 Å². The number of nitrogens with zero attached hydrogens (tertiary/aromatic N) is 2. The van der Waals surface area contributed by atoms with Gasteiger partial charge < -0.3 is 5.11 Å². The van der Waals surface area contributed by atoms with Gasteiger partial charge in [-0.05, 0) is 30.4 Å². The van der Waals surface area contributed by atoms with Crippen LogP contribution >= 0.6 is 11.3 Å². The molecule has 0 spiro atoms. The molecule has 3 nitrogen and oxygen atoms in total. The van der Waals surface area contributed by atoms with Crippen LogP contribution in [0, 0.1) is 0 Å². The molecular weight excluding hydrogens is 220 g/mol. The van der Waals surface area contributed by atoms with Gasteiger partial charge in [-0.3, -0.25) is 0 Å². The first-order chi connectivity index (χ1) is 7.79. The Labute approximate surface area is 98.6 Å². The predicted molar refractivity (Wildman–Crippen MR) is 65.9 cm³/mol. The molecule has 1 unspecified atom stereocenters. The summed E-state index contributed by atoms with van der Waals surface area (Å²) in [5.74, 6) is 0. The van der Waals surface area contributed by atoms with Gasteiger partial charge in [0.25, 0.3) is 0 Å². The standard InChI is InChI=1S/C12H15N2OS/c1-2-13-7-9(15)8-14-10-5-3-4-6-11(10)16-12(13)14/h3-6,9,15H,2,7-8H2,1H3/q+1. The van der Waals surface area contributed by atoms with Crippen LogP contribution in [-0.4, -0.2) is 24.3 Å². The van der Waals surface area contributed by atoms with E-state index in [-0.39, 0.29) is 6.10 Å². The maximum Gasteiger partial charge on any atom is 0.337 e. The molecule has 2 aromatic rings. The highest BCUT2D eigenvalue weighted by molar-refractivity contribution is 7.21. The highest BCUT2D eigenvalue weighted by atomic mass is 32.1. The zero-order chi connectivity index (χ0) is 11.1. The van der Waals surface area contributed by atoms with Gasteiger partial charge in [-0.15, -0.1) is 0 Å². The van der Waals surface area contributed by atoms with Crippen LogP contribution in [0.3, 0.4) is 0 Å². The van der Waals surface area contributed by atoms with E-state index in [9.17, 15) is 5.11 Å². The van der Waals surface area contributed by atoms with E-state index in [4.69, 9.17) is 0 Å². The van der Waals surface area contributed by atoms with Crippen LogP contribution in [0.1, 0.15) is 6.92 Å². The SMILES string of the molecule is CCN1CC(O)C[n+]2c1sc1ccccc12. The number of fused-ring (bicyclic) bond motifs is 3. The average Bonchev–Trinajstić information content (AvgIpc) is 2.67. The Morgan fingerprint density at radius 1 is 1.50 bits per heavy atom. The molecule has 1 N–H and O–H groups in total. The van der Waals surface area contributed by atoms with Crippen LogP contribution in [0.25, 0.3) is 10.2 Å². The van der Waals surface area contributed by atoms with E-state index in [0.717, 1.165) is 19.6 Å². The summed E-state index contributed by atoms with van der Waals surface area (Å²) in [4.78, 5) is 2.25. The summed E-state index contributed by atoms with van der Waals surface area (Å²) in [5.41, 5.74) is 1.24. The van der Waals surface area contributed by atoms with E-state index < -0.39 is 0 Å². The minimum Gasteiger partial charge on any atom is -0.385 e. The Morgan fingerprint density at radius 2 is 2.31 bits per heavy atom. The van der Waals surface area contributed by atoms with Gasteiger partial charge in [0.1, 0.15) is 24.7 Å². The lowest BCUT2D eigenvalue weighted by Crippen LogP contribution is -2.53. The molecule has 0 bridgehead atoms. The molecule has 2 heterocycles. The van der Waals surface area contributed by atoms with E-state index in [1.54, 1.807) is 0 Å². The number of rotatable bonds is 1. The summed E-state index contributed by atoms with van der Waals surface area (Å²) >= 11 is 1.81. The molecule has 0 amide bonds. The Morgan fingerprint density at radius 3 is 3.12 bits per heavy atom. The highest BCUT2D eigenvalue weighted by Crippen LogP contribution is 2.29. The normalized spacial score (nSPS) is 20.1. The molecule has 0 fully saturated rings. The van der Waals surface area contributed by atoms with Crippen molar-refractivity contribution in [3.05, 3.63) is 24.3 Å². The van der Waals surface area contributed by atoms with Gasteiger partial charge >= 0.3 is 5.13 Å². The van der Waals surface area contributed by atoms with Crippen LogP contribution in [0.2, 0.25) is 0 Å². The first kappa shape index (κ1) is 10.1. The van der Waals surface area contributed by atoms with Crippen LogP contribution in [-0.2, 0) is 6.54 Å². The number of anilines is 1. The van der Waals surface area contributed by atoms with Gasteiger partial charge in [0, 0.05) is 0 Å². The second-order valence-electron chi connectivity index (χ2n) is 4.16. The fourth-order valence-electron chi connectivity index (χ4n) is 2.30. The molecule has 3 rings (SSSR count). The summed E-state index contributed by atoms with van der Waals surface area (Å²) in [7, 11) is 0. The summed E-state index contributed by atoms with van der Waals surface area (Å²) in [6, 6.07) is 8.39. The summed E-state index contributed by atoms with van der Waals surface area (Å²) in [6.45, 7) is 4.55. The monoisotopic (exact) mass is 235 g/mol. The molecular formula is C12H15N2OS+. The lowest BCUT2D eigenvalue weighted by Gasteiger charge is -2.23. The number of thiazole rings is 1. The summed E-state index contributed by atoms with van der Waals surface area (Å²) < 4.78 is 3.53. The lowest BCUT2D eigenvalue weighted by atomic mass is 10.2. The Balaban J connectivity index is 2.22. The molecule has 1 aromatic heterocycles. The molecule has 0 radical (unpaired) electrons. The molecule has 1 atom stereocenters. The van der Waals surface area contributed by atoms with Crippen molar-refractivity contribution < 1.29 is 9.67 Å². The number of hydrogen-bond donors (Lipinski definition) is 1. The Kier molecular flexibility index (Phi) is 2.33. The van der Waals surface area contributed by atoms with Gasteiger partial charge in [0.15, 0.2) is 0 Å². The molecule has 0 saturated heterocycles. The fourth-order valence-corrected chi connectivity index (χ4v) is 3.54. The predicted octanol–water partition coefficient (Wildman–Crippen LogP) is 1.39. The first-order valence-electron chi connectivity index (χ1n) is 5.64. The lowest BCUT2D eigenvalue weighted by molar-refractivity contribution is -0.667. The van der Waals surface area contributed by atoms with Crippen LogP contribution in [0.4, 0.5) is 5.13 Å². The van der Waals surface area contributed by atoms with Crippen molar-refractivity contribution >= 4 is 26.7 Å². The largest absolute Gasteiger partial charge is 0.385 e. The third kappa shape index (κ3) is 1.41. The summed E-state index contributed by atoms with van der Waals surface area (Å²) in [5, 5.41) is 11.1. The maximum absolute atomic E-state index is 9.88. The second kappa shape index (κ2) is 3.71. The number of hydrogen-bond acceptors (Lipinski definition) is 3. The minimum atomic E-state index is -0.254. The van der Waals surface area contributed by atoms with Crippen molar-refractivity contribution in [1.29, 1.82) is 0 Å². The van der Waals surface area contributed by atoms with E-state index >= 15 is 0 Å². The van der Waals surface area contributed by atoms with Crippen LogP contribution in [0.15, 0.2) is 24.3 Å². The van der Waals surface area contributed by atoms with Crippen molar-refractivity contribution in [2.75, 3.05) is 18.0 Å².